The number of amides is 1. The molecule has 0 aromatic rings. The van der Waals surface area contributed by atoms with Crippen LogP contribution in [-0.4, -0.2) is 59.9 Å². The number of hydrogen-bond donors (Lipinski definition) is 1. The molecule has 0 radical (unpaired) electrons. The average molecular weight is 301 g/mol. The highest BCUT2D eigenvalue weighted by atomic mass is 16.5. The zero-order valence-corrected chi connectivity index (χ0v) is 13.4. The van der Waals surface area contributed by atoms with E-state index in [0.29, 0.717) is 19.1 Å². The maximum atomic E-state index is 12.1. The second-order valence-corrected chi connectivity index (χ2v) is 6.13. The van der Waals surface area contributed by atoms with Crippen LogP contribution in [-0.2, 0) is 19.1 Å². The van der Waals surface area contributed by atoms with Gasteiger partial charge in [0.05, 0.1) is 31.8 Å². The van der Waals surface area contributed by atoms with Crippen molar-refractivity contribution >= 4 is 11.9 Å². The Balaban J connectivity index is 2.35. The first-order chi connectivity index (χ1) is 9.79. The standard InChI is InChI=1S/C15H27NO5/c1-10(2)7-11(3)20-6-5-14(17)16-8-12(4)21-13(9-16)15(18)19/h10-13H,5-9H2,1-4H3,(H,18,19)/t11?,12-,13?/m1/s1. The fourth-order valence-corrected chi connectivity index (χ4v) is 2.53. The molecule has 6 nitrogen and oxygen atoms in total. The molecule has 122 valence electrons. The lowest BCUT2D eigenvalue weighted by atomic mass is 10.1. The van der Waals surface area contributed by atoms with Gasteiger partial charge in [0.2, 0.25) is 5.91 Å². The predicted molar refractivity (Wildman–Crippen MR) is 78.0 cm³/mol. The van der Waals surface area contributed by atoms with E-state index < -0.39 is 12.1 Å². The monoisotopic (exact) mass is 301 g/mol. The van der Waals surface area contributed by atoms with Gasteiger partial charge < -0.3 is 19.5 Å². The normalized spacial score (nSPS) is 24.1. The first kappa shape index (κ1) is 17.9. The molecule has 1 aliphatic heterocycles. The van der Waals surface area contributed by atoms with Crippen molar-refractivity contribution in [1.82, 2.24) is 4.90 Å². The number of morpholine rings is 1. The maximum absolute atomic E-state index is 12.1. The molecule has 0 spiro atoms. The summed E-state index contributed by atoms with van der Waals surface area (Å²) >= 11 is 0. The molecule has 0 aromatic heterocycles. The average Bonchev–Trinajstić information content (AvgIpc) is 2.36. The molecule has 1 amide bonds. The smallest absolute Gasteiger partial charge is 0.334 e. The van der Waals surface area contributed by atoms with Crippen LogP contribution in [0.2, 0.25) is 0 Å². The second kappa shape index (κ2) is 8.34. The Kier molecular flexibility index (Phi) is 7.11. The van der Waals surface area contributed by atoms with Crippen LogP contribution in [0, 0.1) is 5.92 Å². The SMILES string of the molecule is CC(C)CC(C)OCCC(=O)N1CC(C(=O)O)O[C@H](C)C1. The molecule has 0 aromatic carbocycles. The van der Waals surface area contributed by atoms with Gasteiger partial charge in [0.25, 0.3) is 0 Å². The zero-order valence-electron chi connectivity index (χ0n) is 13.4. The third-order valence-electron chi connectivity index (χ3n) is 3.41. The summed E-state index contributed by atoms with van der Waals surface area (Å²) in [7, 11) is 0. The molecule has 1 rings (SSSR count). The molecule has 6 heteroatoms. The molecule has 1 fully saturated rings. The molecule has 3 atom stereocenters. The molecule has 1 aliphatic rings. The summed E-state index contributed by atoms with van der Waals surface area (Å²) in [5.41, 5.74) is 0. The van der Waals surface area contributed by atoms with Crippen molar-refractivity contribution in [3.8, 4) is 0 Å². The number of carboxylic acids is 1. The number of rotatable bonds is 7. The van der Waals surface area contributed by atoms with Gasteiger partial charge in [-0.2, -0.15) is 0 Å². The van der Waals surface area contributed by atoms with Crippen molar-refractivity contribution in [3.05, 3.63) is 0 Å². The van der Waals surface area contributed by atoms with Gasteiger partial charge in [0.15, 0.2) is 6.10 Å². The summed E-state index contributed by atoms with van der Waals surface area (Å²) in [5.74, 6) is -0.540. The van der Waals surface area contributed by atoms with Crippen LogP contribution in [0.1, 0.15) is 40.5 Å². The van der Waals surface area contributed by atoms with Crippen LogP contribution in [0.25, 0.3) is 0 Å². The van der Waals surface area contributed by atoms with Crippen LogP contribution >= 0.6 is 0 Å². The van der Waals surface area contributed by atoms with Gasteiger partial charge in [-0.15, -0.1) is 0 Å². The molecule has 1 saturated heterocycles. The molecular weight excluding hydrogens is 274 g/mol. The Labute approximate surface area is 126 Å². The summed E-state index contributed by atoms with van der Waals surface area (Å²) in [4.78, 5) is 24.7. The van der Waals surface area contributed by atoms with E-state index in [2.05, 4.69) is 13.8 Å². The van der Waals surface area contributed by atoms with Gasteiger partial charge in [-0.05, 0) is 26.2 Å². The van der Waals surface area contributed by atoms with Gasteiger partial charge in [-0.3, -0.25) is 4.79 Å². The number of carboxylic acid groups (broad SMARTS) is 1. The van der Waals surface area contributed by atoms with Crippen molar-refractivity contribution in [2.45, 2.75) is 58.8 Å². The van der Waals surface area contributed by atoms with E-state index in [0.717, 1.165) is 6.42 Å². The largest absolute Gasteiger partial charge is 0.479 e. The minimum atomic E-state index is -1.03. The summed E-state index contributed by atoms with van der Waals surface area (Å²) in [6.45, 7) is 8.96. The number of carbonyl (C=O) groups is 2. The minimum absolute atomic E-state index is 0.0758. The van der Waals surface area contributed by atoms with E-state index in [9.17, 15) is 9.59 Å². The Bertz CT molecular complexity index is 358. The predicted octanol–water partition coefficient (Wildman–Crippen LogP) is 1.53. The van der Waals surface area contributed by atoms with Crippen LogP contribution < -0.4 is 0 Å². The fraction of sp³-hybridized carbons (Fsp3) is 0.867. The zero-order chi connectivity index (χ0) is 16.0. The maximum Gasteiger partial charge on any atom is 0.334 e. The van der Waals surface area contributed by atoms with Crippen molar-refractivity contribution in [1.29, 1.82) is 0 Å². The third-order valence-corrected chi connectivity index (χ3v) is 3.41. The lowest BCUT2D eigenvalue weighted by Crippen LogP contribution is -2.51. The van der Waals surface area contributed by atoms with Crippen molar-refractivity contribution in [2.24, 2.45) is 5.92 Å². The number of hydrogen-bond acceptors (Lipinski definition) is 4. The van der Waals surface area contributed by atoms with E-state index in [1.165, 1.54) is 0 Å². The van der Waals surface area contributed by atoms with E-state index >= 15 is 0 Å². The number of ether oxygens (including phenoxy) is 2. The van der Waals surface area contributed by atoms with Crippen molar-refractivity contribution in [3.63, 3.8) is 0 Å². The van der Waals surface area contributed by atoms with Crippen LogP contribution in [0.15, 0.2) is 0 Å². The van der Waals surface area contributed by atoms with Gasteiger partial charge in [-0.25, -0.2) is 4.79 Å². The Morgan fingerprint density at radius 2 is 2.00 bits per heavy atom. The lowest BCUT2D eigenvalue weighted by Gasteiger charge is -2.35. The van der Waals surface area contributed by atoms with Gasteiger partial charge in [0, 0.05) is 6.54 Å². The Morgan fingerprint density at radius 3 is 2.57 bits per heavy atom. The van der Waals surface area contributed by atoms with E-state index in [4.69, 9.17) is 14.6 Å². The van der Waals surface area contributed by atoms with E-state index in [1.54, 1.807) is 11.8 Å². The summed E-state index contributed by atoms with van der Waals surface area (Å²) < 4.78 is 10.9. The van der Waals surface area contributed by atoms with E-state index in [-0.39, 0.29) is 31.1 Å². The number of nitrogens with zero attached hydrogens (tertiary/aromatic N) is 1. The summed E-state index contributed by atoms with van der Waals surface area (Å²) in [5, 5.41) is 9.00. The summed E-state index contributed by atoms with van der Waals surface area (Å²) in [6, 6.07) is 0. The van der Waals surface area contributed by atoms with Crippen LogP contribution in [0.5, 0.6) is 0 Å². The highest BCUT2D eigenvalue weighted by Gasteiger charge is 2.32. The Morgan fingerprint density at radius 1 is 1.33 bits per heavy atom. The molecule has 2 unspecified atom stereocenters. The lowest BCUT2D eigenvalue weighted by molar-refractivity contribution is -0.166. The molecule has 0 aliphatic carbocycles. The summed E-state index contributed by atoms with van der Waals surface area (Å²) in [6.07, 6.45) is 0.182. The quantitative estimate of drug-likeness (QED) is 0.771. The first-order valence-electron chi connectivity index (χ1n) is 7.57. The highest BCUT2D eigenvalue weighted by Crippen LogP contribution is 2.13. The molecular formula is C15H27NO5. The molecule has 0 saturated carbocycles. The van der Waals surface area contributed by atoms with Crippen molar-refractivity contribution in [2.75, 3.05) is 19.7 Å². The number of carbonyl (C=O) groups excluding carboxylic acids is 1. The minimum Gasteiger partial charge on any atom is -0.479 e. The molecule has 0 bridgehead atoms. The van der Waals surface area contributed by atoms with Crippen LogP contribution in [0.4, 0.5) is 0 Å². The highest BCUT2D eigenvalue weighted by molar-refractivity contribution is 5.78. The third kappa shape index (κ3) is 6.44. The van der Waals surface area contributed by atoms with Gasteiger partial charge in [0.1, 0.15) is 0 Å². The first-order valence-corrected chi connectivity index (χ1v) is 7.57. The van der Waals surface area contributed by atoms with Crippen LogP contribution in [0.3, 0.4) is 0 Å². The molecule has 1 heterocycles. The molecule has 1 N–H and O–H groups in total. The fourth-order valence-electron chi connectivity index (χ4n) is 2.53. The van der Waals surface area contributed by atoms with Gasteiger partial charge >= 0.3 is 5.97 Å². The number of aliphatic carboxylic acids is 1. The second-order valence-electron chi connectivity index (χ2n) is 6.13. The molecule has 21 heavy (non-hydrogen) atoms. The van der Waals surface area contributed by atoms with Gasteiger partial charge in [-0.1, -0.05) is 13.8 Å². The Hall–Kier alpha value is -1.14. The van der Waals surface area contributed by atoms with E-state index in [1.807, 2.05) is 6.92 Å². The topological polar surface area (TPSA) is 76.1 Å². The van der Waals surface area contributed by atoms with Crippen molar-refractivity contribution < 1.29 is 24.2 Å².